The summed E-state index contributed by atoms with van der Waals surface area (Å²) < 4.78 is 41.5. The molecule has 0 radical (unpaired) electrons. The molecule has 1 fully saturated rings. The number of guanidine groups is 1. The standard InChI is InChI=1S/C22H29F3N6.HI/c1-3-26-20(29-18-8-9-19-28-15(2)30-31(19)13-18)27-14-21(10-5-11-21)16-6-4-7-17(12-16)22(23,24)25;/h4,6-7,12,18H,3,5,8-11,13-14H2,1-2H3,(H2,26,27,29);1H. The molecule has 0 bridgehead atoms. The highest BCUT2D eigenvalue weighted by Crippen LogP contribution is 2.45. The SMILES string of the molecule is CCNC(=NCC1(c2cccc(C(F)(F)F)c2)CCC1)NC1CCc2nc(C)nn2C1.I. The minimum atomic E-state index is -4.33. The molecule has 2 heterocycles. The molecule has 10 heteroatoms. The van der Waals surface area contributed by atoms with Gasteiger partial charge in [0.15, 0.2) is 5.96 Å². The second-order valence-electron chi connectivity index (χ2n) is 8.54. The van der Waals surface area contributed by atoms with Gasteiger partial charge in [0.2, 0.25) is 0 Å². The van der Waals surface area contributed by atoms with Crippen LogP contribution in [0.2, 0.25) is 0 Å². The summed E-state index contributed by atoms with van der Waals surface area (Å²) >= 11 is 0. The zero-order valence-electron chi connectivity index (χ0n) is 18.4. The van der Waals surface area contributed by atoms with Crippen molar-refractivity contribution in [3.63, 3.8) is 0 Å². The van der Waals surface area contributed by atoms with Crippen LogP contribution in [-0.4, -0.2) is 39.9 Å². The summed E-state index contributed by atoms with van der Waals surface area (Å²) in [4.78, 5) is 9.24. The first-order chi connectivity index (χ1) is 14.8. The van der Waals surface area contributed by atoms with E-state index < -0.39 is 11.7 Å². The molecule has 4 rings (SSSR count). The molecule has 2 aliphatic rings. The van der Waals surface area contributed by atoms with Crippen molar-refractivity contribution >= 4 is 29.9 Å². The Morgan fingerprint density at radius 3 is 2.75 bits per heavy atom. The fourth-order valence-corrected chi connectivity index (χ4v) is 4.46. The van der Waals surface area contributed by atoms with E-state index >= 15 is 0 Å². The average Bonchev–Trinajstić information content (AvgIpc) is 3.06. The lowest BCUT2D eigenvalue weighted by Gasteiger charge is -2.41. The number of halogens is 4. The quantitative estimate of drug-likeness (QED) is 0.326. The number of nitrogens with zero attached hydrogens (tertiary/aromatic N) is 4. The Balaban J connectivity index is 0.00000289. The van der Waals surface area contributed by atoms with Crippen molar-refractivity contribution in [2.24, 2.45) is 4.99 Å². The summed E-state index contributed by atoms with van der Waals surface area (Å²) in [5, 5.41) is 11.2. The van der Waals surface area contributed by atoms with Gasteiger partial charge in [-0.2, -0.15) is 18.3 Å². The molecule has 32 heavy (non-hydrogen) atoms. The molecule has 1 unspecified atom stereocenters. The van der Waals surface area contributed by atoms with Crippen LogP contribution in [0.1, 0.15) is 55.4 Å². The maximum Gasteiger partial charge on any atom is 0.416 e. The Labute approximate surface area is 203 Å². The largest absolute Gasteiger partial charge is 0.416 e. The number of hydrogen-bond donors (Lipinski definition) is 2. The van der Waals surface area contributed by atoms with Gasteiger partial charge >= 0.3 is 6.18 Å². The number of fused-ring (bicyclic) bond motifs is 1. The van der Waals surface area contributed by atoms with Crippen molar-refractivity contribution in [2.45, 2.75) is 70.1 Å². The topological polar surface area (TPSA) is 67.1 Å². The average molecular weight is 562 g/mol. The molecular formula is C22H30F3IN6. The highest BCUT2D eigenvalue weighted by atomic mass is 127. The van der Waals surface area contributed by atoms with E-state index in [0.29, 0.717) is 19.0 Å². The maximum atomic E-state index is 13.2. The Bertz CT molecular complexity index is 951. The van der Waals surface area contributed by atoms with Crippen molar-refractivity contribution in [2.75, 3.05) is 13.1 Å². The van der Waals surface area contributed by atoms with Crippen molar-refractivity contribution in [3.8, 4) is 0 Å². The van der Waals surface area contributed by atoms with E-state index in [0.717, 1.165) is 61.9 Å². The third kappa shape index (κ3) is 5.37. The maximum absolute atomic E-state index is 13.2. The summed E-state index contributed by atoms with van der Waals surface area (Å²) in [5.41, 5.74) is -0.188. The first-order valence-corrected chi connectivity index (χ1v) is 10.9. The summed E-state index contributed by atoms with van der Waals surface area (Å²) in [7, 11) is 0. The predicted molar refractivity (Wildman–Crippen MR) is 128 cm³/mol. The van der Waals surface area contributed by atoms with Gasteiger partial charge in [-0.05, 0) is 44.7 Å². The molecule has 1 aromatic carbocycles. The van der Waals surface area contributed by atoms with Crippen LogP contribution in [0.5, 0.6) is 0 Å². The van der Waals surface area contributed by atoms with Crippen molar-refractivity contribution < 1.29 is 13.2 Å². The van der Waals surface area contributed by atoms with Crippen molar-refractivity contribution in [1.82, 2.24) is 25.4 Å². The van der Waals surface area contributed by atoms with Crippen LogP contribution in [0.4, 0.5) is 13.2 Å². The number of rotatable bonds is 5. The molecule has 0 saturated heterocycles. The van der Waals surface area contributed by atoms with Crippen LogP contribution in [0.3, 0.4) is 0 Å². The van der Waals surface area contributed by atoms with Gasteiger partial charge in [-0.1, -0.05) is 24.6 Å². The monoisotopic (exact) mass is 562 g/mol. The van der Waals surface area contributed by atoms with E-state index in [4.69, 9.17) is 4.99 Å². The lowest BCUT2D eigenvalue weighted by Crippen LogP contribution is -2.48. The lowest BCUT2D eigenvalue weighted by atomic mass is 9.64. The van der Waals surface area contributed by atoms with E-state index in [1.54, 1.807) is 6.07 Å². The van der Waals surface area contributed by atoms with Crippen LogP contribution < -0.4 is 10.6 Å². The van der Waals surface area contributed by atoms with E-state index in [1.165, 1.54) is 12.1 Å². The molecule has 0 spiro atoms. The smallest absolute Gasteiger partial charge is 0.357 e. The fourth-order valence-electron chi connectivity index (χ4n) is 4.46. The Morgan fingerprint density at radius 2 is 2.09 bits per heavy atom. The van der Waals surface area contributed by atoms with Gasteiger partial charge in [-0.15, -0.1) is 24.0 Å². The zero-order chi connectivity index (χ0) is 22.1. The molecule has 0 amide bonds. The third-order valence-corrected chi connectivity index (χ3v) is 6.30. The molecule has 1 aliphatic carbocycles. The number of benzene rings is 1. The minimum absolute atomic E-state index is 0. The Kier molecular flexibility index (Phi) is 7.72. The number of hydrogen-bond acceptors (Lipinski definition) is 3. The van der Waals surface area contributed by atoms with Crippen molar-refractivity contribution in [3.05, 3.63) is 47.0 Å². The summed E-state index contributed by atoms with van der Waals surface area (Å²) in [5.74, 6) is 2.49. The second-order valence-corrected chi connectivity index (χ2v) is 8.54. The Hall–Kier alpha value is -1.85. The molecule has 1 aromatic heterocycles. The molecular weight excluding hydrogens is 532 g/mol. The van der Waals surface area contributed by atoms with Gasteiger partial charge < -0.3 is 10.6 Å². The van der Waals surface area contributed by atoms with Crippen LogP contribution >= 0.6 is 24.0 Å². The number of nitrogens with one attached hydrogen (secondary N) is 2. The summed E-state index contributed by atoms with van der Waals surface area (Å²) in [6.45, 7) is 5.79. The molecule has 176 valence electrons. The number of aliphatic imine (C=N–C) groups is 1. The van der Waals surface area contributed by atoms with Gasteiger partial charge in [0.1, 0.15) is 11.6 Å². The minimum Gasteiger partial charge on any atom is -0.357 e. The number of aromatic nitrogens is 3. The van der Waals surface area contributed by atoms with Gasteiger partial charge in [0.05, 0.1) is 18.7 Å². The van der Waals surface area contributed by atoms with Crippen LogP contribution in [0.25, 0.3) is 0 Å². The molecule has 2 aromatic rings. The highest BCUT2D eigenvalue weighted by Gasteiger charge is 2.40. The highest BCUT2D eigenvalue weighted by molar-refractivity contribution is 14.0. The van der Waals surface area contributed by atoms with Crippen LogP contribution in [-0.2, 0) is 24.6 Å². The van der Waals surface area contributed by atoms with Gasteiger partial charge in [0, 0.05) is 24.4 Å². The van der Waals surface area contributed by atoms with Crippen molar-refractivity contribution in [1.29, 1.82) is 0 Å². The first kappa shape index (κ1) is 24.8. The van der Waals surface area contributed by atoms with E-state index in [9.17, 15) is 13.2 Å². The third-order valence-electron chi connectivity index (χ3n) is 6.30. The van der Waals surface area contributed by atoms with E-state index in [2.05, 4.69) is 20.7 Å². The van der Waals surface area contributed by atoms with Crippen LogP contribution in [0, 0.1) is 6.92 Å². The van der Waals surface area contributed by atoms with E-state index in [1.807, 2.05) is 18.5 Å². The molecule has 6 nitrogen and oxygen atoms in total. The molecule has 2 N–H and O–H groups in total. The zero-order valence-corrected chi connectivity index (χ0v) is 20.7. The predicted octanol–water partition coefficient (Wildman–Crippen LogP) is 4.22. The summed E-state index contributed by atoms with van der Waals surface area (Å²) in [6, 6.07) is 5.92. The van der Waals surface area contributed by atoms with Gasteiger partial charge in [-0.25, -0.2) is 9.67 Å². The van der Waals surface area contributed by atoms with Gasteiger partial charge in [0.25, 0.3) is 0 Å². The second kappa shape index (κ2) is 9.96. The van der Waals surface area contributed by atoms with Crippen LogP contribution in [0.15, 0.2) is 29.3 Å². The summed E-state index contributed by atoms with van der Waals surface area (Å²) in [6.07, 6.45) is 0.158. The van der Waals surface area contributed by atoms with E-state index in [-0.39, 0.29) is 35.4 Å². The fraction of sp³-hybridized carbons (Fsp3) is 0.591. The normalized spacial score (nSPS) is 20.0. The first-order valence-electron chi connectivity index (χ1n) is 10.9. The number of alkyl halides is 3. The lowest BCUT2D eigenvalue weighted by molar-refractivity contribution is -0.137. The number of aryl methyl sites for hydroxylation is 2. The molecule has 1 aliphatic heterocycles. The van der Waals surface area contributed by atoms with Gasteiger partial charge in [-0.3, -0.25) is 4.99 Å². The molecule has 1 saturated carbocycles. The Morgan fingerprint density at radius 1 is 1.31 bits per heavy atom. The molecule has 1 atom stereocenters.